The molecule has 244 valence electrons. The number of nitrogens with zero attached hydrogens (tertiary/aromatic N) is 2. The van der Waals surface area contributed by atoms with Gasteiger partial charge in [-0.05, 0) is 102 Å². The summed E-state index contributed by atoms with van der Waals surface area (Å²) in [5.74, 6) is -0.654. The molecule has 0 radical (unpaired) electrons. The Kier molecular flexibility index (Phi) is 7.08. The van der Waals surface area contributed by atoms with Crippen molar-refractivity contribution in [3.8, 4) is 39.1 Å². The van der Waals surface area contributed by atoms with Crippen LogP contribution in [0, 0.1) is 20.8 Å². The number of aryl methyl sites for hydroxylation is 3. The Balaban J connectivity index is 1.22. The summed E-state index contributed by atoms with van der Waals surface area (Å²) in [5, 5.41) is 2.18. The van der Waals surface area contributed by atoms with Gasteiger partial charge in [-0.1, -0.05) is 115 Å². The predicted molar refractivity (Wildman–Crippen MR) is 209 cm³/mol. The summed E-state index contributed by atoms with van der Waals surface area (Å²) in [6.45, 7) is 6.47. The van der Waals surface area contributed by atoms with Crippen molar-refractivity contribution < 1.29 is 9.59 Å². The van der Waals surface area contributed by atoms with Crippen LogP contribution in [-0.4, -0.2) is 16.4 Å². The van der Waals surface area contributed by atoms with E-state index in [4.69, 9.17) is 0 Å². The fourth-order valence-electron chi connectivity index (χ4n) is 8.09. The van der Waals surface area contributed by atoms with Crippen LogP contribution in [0.1, 0.15) is 37.4 Å². The number of hydrogen-bond donors (Lipinski definition) is 0. The number of anilines is 1. The molecule has 51 heavy (non-hydrogen) atoms. The highest BCUT2D eigenvalue weighted by Crippen LogP contribution is 2.42. The summed E-state index contributed by atoms with van der Waals surface area (Å²) in [5.41, 5.74) is 14.0. The zero-order valence-electron chi connectivity index (χ0n) is 28.6. The van der Waals surface area contributed by atoms with E-state index in [1.54, 1.807) is 6.07 Å². The molecule has 4 nitrogen and oxygen atoms in total. The molecular weight excluding hydrogens is 625 g/mol. The first kappa shape index (κ1) is 30.5. The molecule has 0 spiro atoms. The number of hydrogen-bond acceptors (Lipinski definition) is 2. The molecule has 1 aliphatic heterocycles. The lowest BCUT2D eigenvalue weighted by Crippen LogP contribution is -2.30. The van der Waals surface area contributed by atoms with Crippen molar-refractivity contribution in [2.24, 2.45) is 0 Å². The third-order valence-corrected chi connectivity index (χ3v) is 10.2. The average Bonchev–Trinajstić information content (AvgIpc) is 3.62. The second kappa shape index (κ2) is 11.8. The van der Waals surface area contributed by atoms with Crippen LogP contribution in [0.25, 0.3) is 60.9 Å². The maximum absolute atomic E-state index is 14.8. The lowest BCUT2D eigenvalue weighted by atomic mass is 9.93. The van der Waals surface area contributed by atoms with Gasteiger partial charge in [-0.3, -0.25) is 9.59 Å². The average molecular weight is 659 g/mol. The monoisotopic (exact) mass is 658 g/mol. The van der Waals surface area contributed by atoms with Gasteiger partial charge in [-0.2, -0.15) is 0 Å². The van der Waals surface area contributed by atoms with E-state index in [0.717, 1.165) is 49.6 Å². The quantitative estimate of drug-likeness (QED) is 0.173. The van der Waals surface area contributed by atoms with E-state index >= 15 is 0 Å². The normalized spacial score (nSPS) is 12.6. The second-order valence-electron chi connectivity index (χ2n) is 13.5. The van der Waals surface area contributed by atoms with E-state index in [2.05, 4.69) is 92.1 Å². The first-order valence-electron chi connectivity index (χ1n) is 17.3. The van der Waals surface area contributed by atoms with Crippen molar-refractivity contribution in [1.82, 2.24) is 4.57 Å². The van der Waals surface area contributed by atoms with Gasteiger partial charge in [0, 0.05) is 16.3 Å². The van der Waals surface area contributed by atoms with E-state index < -0.39 is 0 Å². The van der Waals surface area contributed by atoms with Crippen LogP contribution in [0.2, 0.25) is 0 Å². The fourth-order valence-corrected chi connectivity index (χ4v) is 8.09. The minimum atomic E-state index is -0.330. The molecule has 1 aromatic heterocycles. The van der Waals surface area contributed by atoms with E-state index in [1.165, 1.54) is 27.2 Å². The summed E-state index contributed by atoms with van der Waals surface area (Å²) >= 11 is 0. The maximum atomic E-state index is 14.8. The Labute approximate surface area is 296 Å². The highest BCUT2D eigenvalue weighted by molar-refractivity contribution is 6.36. The first-order valence-corrected chi connectivity index (χ1v) is 17.3. The van der Waals surface area contributed by atoms with Crippen molar-refractivity contribution in [3.63, 3.8) is 0 Å². The zero-order chi connectivity index (χ0) is 34.8. The number of carbonyl (C=O) groups excluding carboxylic acids is 2. The molecule has 1 aliphatic rings. The number of benzene rings is 7. The molecule has 9 rings (SSSR count). The summed E-state index contributed by atoms with van der Waals surface area (Å²) in [4.78, 5) is 30.5. The Morgan fingerprint density at radius 1 is 0.412 bits per heavy atom. The number of para-hydroxylation sites is 1. The lowest BCUT2D eigenvalue weighted by molar-refractivity contribution is 0.0926. The van der Waals surface area contributed by atoms with E-state index in [0.29, 0.717) is 22.5 Å². The molecule has 0 N–H and O–H groups in total. The molecule has 0 fully saturated rings. The SMILES string of the molecule is Cc1cc(C)c(-c2ccc3c(c2)c2ccccc2n3-c2cccc3c2C(=O)N(c2ccc(-c4ccccc4)cc2-c2ccccc2)C3=O)c(C)c1. The predicted octanol–water partition coefficient (Wildman–Crippen LogP) is 11.5. The van der Waals surface area contributed by atoms with Gasteiger partial charge in [-0.15, -0.1) is 0 Å². The van der Waals surface area contributed by atoms with Gasteiger partial charge in [0.1, 0.15) is 0 Å². The number of carbonyl (C=O) groups is 2. The smallest absolute Gasteiger partial charge is 0.268 e. The van der Waals surface area contributed by atoms with Gasteiger partial charge in [-0.25, -0.2) is 4.90 Å². The number of imide groups is 1. The molecule has 0 saturated heterocycles. The van der Waals surface area contributed by atoms with Gasteiger partial charge >= 0.3 is 0 Å². The largest absolute Gasteiger partial charge is 0.308 e. The molecule has 0 aliphatic carbocycles. The summed E-state index contributed by atoms with van der Waals surface area (Å²) in [7, 11) is 0. The molecule has 2 amide bonds. The Morgan fingerprint density at radius 2 is 1.06 bits per heavy atom. The van der Waals surface area contributed by atoms with Gasteiger partial charge in [0.15, 0.2) is 0 Å². The topological polar surface area (TPSA) is 42.3 Å². The number of aromatic nitrogens is 1. The van der Waals surface area contributed by atoms with Crippen LogP contribution in [-0.2, 0) is 0 Å². The molecule has 7 aromatic carbocycles. The van der Waals surface area contributed by atoms with Crippen molar-refractivity contribution in [3.05, 3.63) is 179 Å². The molecular formula is C47H34N2O2. The molecule has 4 heteroatoms. The molecule has 0 saturated carbocycles. The highest BCUT2D eigenvalue weighted by Gasteiger charge is 2.40. The Bertz CT molecular complexity index is 2680. The van der Waals surface area contributed by atoms with Crippen molar-refractivity contribution in [1.29, 1.82) is 0 Å². The standard InChI is InChI=1S/C47H34N2O2/c1-29-25-30(2)44(31(3)26-29)35-22-24-42-39(28-35)36-17-10-11-19-40(36)48(42)43-20-12-18-37-45(43)47(51)49(46(37)50)41-23-21-34(32-13-6-4-7-14-32)27-38(41)33-15-8-5-9-16-33/h4-28H,1-3H3. The molecule has 0 bridgehead atoms. The first-order chi connectivity index (χ1) is 24.9. The third-order valence-electron chi connectivity index (χ3n) is 10.2. The zero-order valence-corrected chi connectivity index (χ0v) is 28.6. The third kappa shape index (κ3) is 4.83. The van der Waals surface area contributed by atoms with Crippen LogP contribution in [0.5, 0.6) is 0 Å². The molecule has 2 heterocycles. The summed E-state index contributed by atoms with van der Waals surface area (Å²) < 4.78 is 2.15. The van der Waals surface area contributed by atoms with Crippen LogP contribution in [0.3, 0.4) is 0 Å². The second-order valence-corrected chi connectivity index (χ2v) is 13.5. The lowest BCUT2D eigenvalue weighted by Gasteiger charge is -2.20. The Hall–Kier alpha value is -6.52. The van der Waals surface area contributed by atoms with Gasteiger partial charge in [0.2, 0.25) is 0 Å². The van der Waals surface area contributed by atoms with Crippen molar-refractivity contribution >= 4 is 39.3 Å². The number of fused-ring (bicyclic) bond motifs is 4. The minimum absolute atomic E-state index is 0.324. The Morgan fingerprint density at radius 3 is 1.80 bits per heavy atom. The van der Waals surface area contributed by atoms with E-state index in [9.17, 15) is 9.59 Å². The summed E-state index contributed by atoms with van der Waals surface area (Å²) in [6.07, 6.45) is 0. The molecule has 0 unspecified atom stereocenters. The number of rotatable bonds is 5. The van der Waals surface area contributed by atoms with Gasteiger partial charge in [0.05, 0.1) is 33.5 Å². The van der Waals surface area contributed by atoms with Crippen LogP contribution in [0.15, 0.2) is 152 Å². The minimum Gasteiger partial charge on any atom is -0.308 e. The van der Waals surface area contributed by atoms with E-state index in [-0.39, 0.29) is 11.8 Å². The maximum Gasteiger partial charge on any atom is 0.268 e. The molecule has 0 atom stereocenters. The van der Waals surface area contributed by atoms with Gasteiger partial charge < -0.3 is 4.57 Å². The van der Waals surface area contributed by atoms with Crippen molar-refractivity contribution in [2.75, 3.05) is 4.90 Å². The molecule has 8 aromatic rings. The van der Waals surface area contributed by atoms with Crippen molar-refractivity contribution in [2.45, 2.75) is 20.8 Å². The van der Waals surface area contributed by atoms with Crippen LogP contribution in [0.4, 0.5) is 5.69 Å². The highest BCUT2D eigenvalue weighted by atomic mass is 16.2. The summed E-state index contributed by atoms with van der Waals surface area (Å²) in [6, 6.07) is 51.0. The van der Waals surface area contributed by atoms with Gasteiger partial charge in [0.25, 0.3) is 11.8 Å². The fraction of sp³-hybridized carbons (Fsp3) is 0.0638. The van der Waals surface area contributed by atoms with Crippen LogP contribution < -0.4 is 4.90 Å². The number of amides is 2. The van der Waals surface area contributed by atoms with E-state index in [1.807, 2.05) is 78.9 Å². The van der Waals surface area contributed by atoms with Crippen LogP contribution >= 0.6 is 0 Å².